The molecule has 3 heterocycles. The summed E-state index contributed by atoms with van der Waals surface area (Å²) in [6, 6.07) is 1.69. The van der Waals surface area contributed by atoms with Gasteiger partial charge in [-0.2, -0.15) is 0 Å². The van der Waals surface area contributed by atoms with E-state index in [1.165, 1.54) is 17.7 Å². The molecule has 8 heteroatoms. The molecule has 1 saturated heterocycles. The van der Waals surface area contributed by atoms with E-state index in [-0.39, 0.29) is 5.91 Å². The Bertz CT molecular complexity index is 583. The van der Waals surface area contributed by atoms with E-state index in [9.17, 15) is 4.79 Å². The molecule has 104 valence electrons. The summed E-state index contributed by atoms with van der Waals surface area (Å²) in [6.07, 6.45) is 3.04. The van der Waals surface area contributed by atoms with E-state index in [2.05, 4.69) is 25.2 Å². The summed E-state index contributed by atoms with van der Waals surface area (Å²) in [7, 11) is 0. The number of anilines is 2. The van der Waals surface area contributed by atoms with Crippen molar-refractivity contribution in [3.63, 3.8) is 0 Å². The van der Waals surface area contributed by atoms with Gasteiger partial charge >= 0.3 is 0 Å². The molecule has 1 aliphatic rings. The molecule has 0 aliphatic carbocycles. The van der Waals surface area contributed by atoms with Crippen LogP contribution in [-0.2, 0) is 4.74 Å². The van der Waals surface area contributed by atoms with Crippen LogP contribution in [0, 0.1) is 0 Å². The normalized spacial score (nSPS) is 15.1. The molecule has 1 amide bonds. The predicted octanol–water partition coefficient (Wildman–Crippen LogP) is 1.02. The van der Waals surface area contributed by atoms with Gasteiger partial charge < -0.3 is 9.64 Å². The lowest BCUT2D eigenvalue weighted by Gasteiger charge is -2.27. The number of rotatable bonds is 3. The molecule has 20 heavy (non-hydrogen) atoms. The van der Waals surface area contributed by atoms with Crippen molar-refractivity contribution in [3.05, 3.63) is 29.7 Å². The van der Waals surface area contributed by atoms with Crippen molar-refractivity contribution >= 4 is 28.2 Å². The fraction of sp³-hybridized carbons (Fsp3) is 0.333. The van der Waals surface area contributed by atoms with Crippen LogP contribution in [0.5, 0.6) is 0 Å². The van der Waals surface area contributed by atoms with Crippen LogP contribution in [-0.4, -0.2) is 47.2 Å². The lowest BCUT2D eigenvalue weighted by molar-refractivity contribution is 0.102. The molecule has 1 N–H and O–H groups in total. The molecule has 0 radical (unpaired) electrons. The number of nitrogens with zero attached hydrogens (tertiary/aromatic N) is 4. The van der Waals surface area contributed by atoms with Gasteiger partial charge in [-0.1, -0.05) is 0 Å². The Morgan fingerprint density at radius 1 is 1.30 bits per heavy atom. The lowest BCUT2D eigenvalue weighted by atomic mass is 10.3. The molecule has 0 saturated carbocycles. The van der Waals surface area contributed by atoms with Crippen LogP contribution in [0.4, 0.5) is 10.9 Å². The number of thiazole rings is 1. The quantitative estimate of drug-likeness (QED) is 0.909. The summed E-state index contributed by atoms with van der Waals surface area (Å²) in [4.78, 5) is 26.4. The molecule has 3 rings (SSSR count). The highest BCUT2D eigenvalue weighted by Gasteiger charge is 2.15. The smallest absolute Gasteiger partial charge is 0.276 e. The third-order valence-electron chi connectivity index (χ3n) is 2.87. The molecular formula is C12H13N5O2S. The number of aromatic nitrogens is 3. The molecular weight excluding hydrogens is 278 g/mol. The zero-order valence-electron chi connectivity index (χ0n) is 10.7. The third kappa shape index (κ3) is 2.91. The van der Waals surface area contributed by atoms with Crippen LogP contribution >= 0.6 is 11.3 Å². The maximum absolute atomic E-state index is 12.1. The standard InChI is InChI=1S/C12H13N5O2S/c18-11(16-12-13-1-6-20-12)9-7-10(15-8-14-9)17-2-4-19-5-3-17/h1,6-8H,2-5H2,(H,13,16,18). The minimum Gasteiger partial charge on any atom is -0.378 e. The van der Waals surface area contributed by atoms with Crippen LogP contribution in [0.1, 0.15) is 10.5 Å². The molecule has 0 atom stereocenters. The van der Waals surface area contributed by atoms with Gasteiger partial charge in [0, 0.05) is 30.7 Å². The second-order valence-corrected chi connectivity index (χ2v) is 5.05. The van der Waals surface area contributed by atoms with Gasteiger partial charge in [-0.15, -0.1) is 11.3 Å². The van der Waals surface area contributed by atoms with E-state index in [1.807, 2.05) is 0 Å². The number of hydrogen-bond donors (Lipinski definition) is 1. The largest absolute Gasteiger partial charge is 0.378 e. The van der Waals surface area contributed by atoms with E-state index in [1.54, 1.807) is 17.6 Å². The number of carbonyl (C=O) groups is 1. The number of amides is 1. The maximum atomic E-state index is 12.1. The van der Waals surface area contributed by atoms with Crippen molar-refractivity contribution in [1.29, 1.82) is 0 Å². The monoisotopic (exact) mass is 291 g/mol. The van der Waals surface area contributed by atoms with Gasteiger partial charge in [-0.3, -0.25) is 10.1 Å². The first-order valence-corrected chi connectivity index (χ1v) is 7.06. The topological polar surface area (TPSA) is 80.2 Å². The van der Waals surface area contributed by atoms with E-state index >= 15 is 0 Å². The Morgan fingerprint density at radius 2 is 2.15 bits per heavy atom. The van der Waals surface area contributed by atoms with Crippen molar-refractivity contribution in [2.24, 2.45) is 0 Å². The van der Waals surface area contributed by atoms with Gasteiger partial charge in [0.1, 0.15) is 17.8 Å². The molecule has 1 aliphatic heterocycles. The molecule has 2 aromatic rings. The van der Waals surface area contributed by atoms with Crippen LogP contribution in [0.3, 0.4) is 0 Å². The van der Waals surface area contributed by atoms with E-state index in [4.69, 9.17) is 4.74 Å². The Hall–Kier alpha value is -2.06. The molecule has 1 fully saturated rings. The minimum absolute atomic E-state index is 0.281. The molecule has 0 unspecified atom stereocenters. The summed E-state index contributed by atoms with van der Waals surface area (Å²) in [5.74, 6) is 0.462. The second-order valence-electron chi connectivity index (χ2n) is 4.15. The van der Waals surface area contributed by atoms with E-state index < -0.39 is 0 Å². The van der Waals surface area contributed by atoms with Crippen molar-refractivity contribution in [2.45, 2.75) is 0 Å². The number of nitrogens with one attached hydrogen (secondary N) is 1. The highest BCUT2D eigenvalue weighted by Crippen LogP contribution is 2.15. The molecule has 2 aromatic heterocycles. The first kappa shape index (κ1) is 12.9. The van der Waals surface area contributed by atoms with E-state index in [0.29, 0.717) is 24.0 Å². The molecule has 0 bridgehead atoms. The molecule has 0 spiro atoms. The SMILES string of the molecule is O=C(Nc1nccs1)c1cc(N2CCOCC2)ncn1. The third-order valence-corrected chi connectivity index (χ3v) is 3.56. The molecule has 7 nitrogen and oxygen atoms in total. The average molecular weight is 291 g/mol. The second kappa shape index (κ2) is 5.93. The van der Waals surface area contributed by atoms with Crippen LogP contribution in [0.25, 0.3) is 0 Å². The van der Waals surface area contributed by atoms with E-state index in [0.717, 1.165) is 18.9 Å². The van der Waals surface area contributed by atoms with Gasteiger partial charge in [0.2, 0.25) is 0 Å². The van der Waals surface area contributed by atoms with Crippen molar-refractivity contribution in [2.75, 3.05) is 36.5 Å². The van der Waals surface area contributed by atoms with Gasteiger partial charge in [-0.25, -0.2) is 15.0 Å². The Labute approximate surface area is 119 Å². The summed E-state index contributed by atoms with van der Waals surface area (Å²) >= 11 is 1.36. The molecule has 0 aromatic carbocycles. The minimum atomic E-state index is -0.281. The highest BCUT2D eigenvalue weighted by atomic mass is 32.1. The Morgan fingerprint density at radius 3 is 2.90 bits per heavy atom. The van der Waals surface area contributed by atoms with Gasteiger partial charge in [0.25, 0.3) is 5.91 Å². The Balaban J connectivity index is 1.74. The average Bonchev–Trinajstić information content (AvgIpc) is 3.01. The number of carbonyl (C=O) groups excluding carboxylic acids is 1. The first-order valence-electron chi connectivity index (χ1n) is 6.18. The number of ether oxygens (including phenoxy) is 1. The van der Waals surface area contributed by atoms with Gasteiger partial charge in [-0.05, 0) is 0 Å². The predicted molar refractivity (Wildman–Crippen MR) is 75.1 cm³/mol. The van der Waals surface area contributed by atoms with Crippen molar-refractivity contribution in [1.82, 2.24) is 15.0 Å². The number of morpholine rings is 1. The Kier molecular flexibility index (Phi) is 3.84. The zero-order valence-corrected chi connectivity index (χ0v) is 11.5. The van der Waals surface area contributed by atoms with Crippen LogP contribution in [0.2, 0.25) is 0 Å². The summed E-state index contributed by atoms with van der Waals surface area (Å²) in [5, 5.41) is 5.06. The lowest BCUT2D eigenvalue weighted by Crippen LogP contribution is -2.37. The van der Waals surface area contributed by atoms with Crippen LogP contribution in [0.15, 0.2) is 24.0 Å². The summed E-state index contributed by atoms with van der Waals surface area (Å²) in [5.41, 5.74) is 0.330. The van der Waals surface area contributed by atoms with Gasteiger partial charge in [0.15, 0.2) is 5.13 Å². The van der Waals surface area contributed by atoms with Gasteiger partial charge in [0.05, 0.1) is 13.2 Å². The fourth-order valence-electron chi connectivity index (χ4n) is 1.88. The number of hydrogen-bond acceptors (Lipinski definition) is 7. The zero-order chi connectivity index (χ0) is 13.8. The first-order chi connectivity index (χ1) is 9.83. The fourth-order valence-corrected chi connectivity index (χ4v) is 2.41. The highest BCUT2D eigenvalue weighted by molar-refractivity contribution is 7.13. The summed E-state index contributed by atoms with van der Waals surface area (Å²) in [6.45, 7) is 2.88. The van der Waals surface area contributed by atoms with Crippen molar-refractivity contribution in [3.8, 4) is 0 Å². The van der Waals surface area contributed by atoms with Crippen molar-refractivity contribution < 1.29 is 9.53 Å². The van der Waals surface area contributed by atoms with Crippen LogP contribution < -0.4 is 10.2 Å². The summed E-state index contributed by atoms with van der Waals surface area (Å²) < 4.78 is 5.30. The maximum Gasteiger partial charge on any atom is 0.276 e.